The summed E-state index contributed by atoms with van der Waals surface area (Å²) in [5, 5.41) is 5.68. The minimum Gasteiger partial charge on any atom is -0.493 e. The molecule has 1 atom stereocenters. The third-order valence-electron chi connectivity index (χ3n) is 7.26. The Hall–Kier alpha value is -3.53. The predicted octanol–water partition coefficient (Wildman–Crippen LogP) is 7.37. The van der Waals surface area contributed by atoms with E-state index in [4.69, 9.17) is 9.47 Å². The Bertz CT molecular complexity index is 1410. The highest BCUT2D eigenvalue weighted by Crippen LogP contribution is 2.45. The van der Waals surface area contributed by atoms with E-state index in [0.717, 1.165) is 29.3 Å². The molecule has 4 rings (SSSR count). The molecule has 0 aliphatic heterocycles. The number of ether oxygens (including phenoxy) is 2. The van der Waals surface area contributed by atoms with Crippen LogP contribution in [0.2, 0.25) is 0 Å². The van der Waals surface area contributed by atoms with Crippen molar-refractivity contribution < 1.29 is 32.2 Å². The summed E-state index contributed by atoms with van der Waals surface area (Å²) in [4.78, 5) is 27.7. The zero-order chi connectivity index (χ0) is 29.2. The van der Waals surface area contributed by atoms with Gasteiger partial charge >= 0.3 is 6.18 Å². The van der Waals surface area contributed by atoms with Crippen molar-refractivity contribution in [2.75, 3.05) is 24.9 Å². The molecule has 2 aromatic carbocycles. The monoisotopic (exact) mass is 574 g/mol. The van der Waals surface area contributed by atoms with E-state index in [1.165, 1.54) is 43.8 Å². The number of anilines is 2. The summed E-state index contributed by atoms with van der Waals surface area (Å²) in [6, 6.07) is 10.0. The number of methoxy groups -OCH3 is 2. The van der Waals surface area contributed by atoms with Crippen LogP contribution in [-0.4, -0.2) is 26.0 Å². The smallest absolute Gasteiger partial charge is 0.418 e. The Morgan fingerprint density at radius 3 is 2.35 bits per heavy atom. The first-order valence-corrected chi connectivity index (χ1v) is 13.8. The van der Waals surface area contributed by atoms with E-state index in [9.17, 15) is 22.8 Å². The third-order valence-corrected chi connectivity index (χ3v) is 8.43. The molecule has 214 valence electrons. The van der Waals surface area contributed by atoms with E-state index in [1.54, 1.807) is 18.2 Å². The van der Waals surface area contributed by atoms with Gasteiger partial charge in [0, 0.05) is 4.88 Å². The lowest BCUT2D eigenvalue weighted by molar-refractivity contribution is -0.136. The zero-order valence-electron chi connectivity index (χ0n) is 23.1. The van der Waals surface area contributed by atoms with Gasteiger partial charge in [-0.1, -0.05) is 39.0 Å². The van der Waals surface area contributed by atoms with E-state index in [2.05, 4.69) is 31.4 Å². The second-order valence-electron chi connectivity index (χ2n) is 10.9. The van der Waals surface area contributed by atoms with Crippen molar-refractivity contribution in [2.45, 2.75) is 52.6 Å². The number of thiophene rings is 1. The lowest BCUT2D eigenvalue weighted by Crippen LogP contribution is -2.27. The summed E-state index contributed by atoms with van der Waals surface area (Å²) in [5.74, 6) is 0.351. The van der Waals surface area contributed by atoms with Crippen LogP contribution >= 0.6 is 11.3 Å². The molecule has 10 heteroatoms. The third kappa shape index (κ3) is 6.43. The Kier molecular flexibility index (Phi) is 8.49. The van der Waals surface area contributed by atoms with Crippen LogP contribution in [0.1, 0.15) is 59.1 Å². The zero-order valence-corrected chi connectivity index (χ0v) is 23.9. The van der Waals surface area contributed by atoms with E-state index in [-0.39, 0.29) is 29.0 Å². The molecule has 0 bridgehead atoms. The highest BCUT2D eigenvalue weighted by Gasteiger charge is 2.36. The fourth-order valence-corrected chi connectivity index (χ4v) is 6.37. The first-order valence-electron chi connectivity index (χ1n) is 12.9. The number of hydrogen-bond donors (Lipinski definition) is 2. The predicted molar refractivity (Wildman–Crippen MR) is 151 cm³/mol. The van der Waals surface area contributed by atoms with Gasteiger partial charge < -0.3 is 20.1 Å². The van der Waals surface area contributed by atoms with Gasteiger partial charge in [0.2, 0.25) is 5.91 Å². The normalized spacial score (nSPS) is 15.2. The number of rotatable bonds is 7. The molecule has 1 aromatic heterocycles. The lowest BCUT2D eigenvalue weighted by Gasteiger charge is -2.33. The molecular formula is C30H33F3N2O4S. The second kappa shape index (κ2) is 11.5. The van der Waals surface area contributed by atoms with Crippen molar-refractivity contribution in [1.29, 1.82) is 0 Å². The number of hydrogen-bond acceptors (Lipinski definition) is 5. The highest BCUT2D eigenvalue weighted by atomic mass is 32.1. The van der Waals surface area contributed by atoms with Gasteiger partial charge in [0.1, 0.15) is 5.00 Å². The Morgan fingerprint density at radius 2 is 1.70 bits per heavy atom. The van der Waals surface area contributed by atoms with Gasteiger partial charge in [-0.2, -0.15) is 13.2 Å². The van der Waals surface area contributed by atoms with Gasteiger partial charge in [-0.25, -0.2) is 0 Å². The summed E-state index contributed by atoms with van der Waals surface area (Å²) in [7, 11) is 3.03. The molecular weight excluding hydrogens is 541 g/mol. The van der Waals surface area contributed by atoms with Crippen LogP contribution in [0, 0.1) is 11.3 Å². The number of fused-ring (bicyclic) bond motifs is 1. The largest absolute Gasteiger partial charge is 0.493 e. The molecule has 0 spiro atoms. The Balaban J connectivity index is 1.66. The molecule has 1 aliphatic rings. The number of carbonyl (C=O) groups is 2. The molecule has 2 amide bonds. The summed E-state index contributed by atoms with van der Waals surface area (Å²) in [6.45, 7) is 6.51. The molecule has 40 heavy (non-hydrogen) atoms. The maximum Gasteiger partial charge on any atom is 0.418 e. The standard InChI is InChI=1S/C30H33F3N2O4S/c1-29(2,3)18-11-12-19-24(16-18)40-28(35-25(36)15-17-10-13-22(38-4)23(14-17)39-5)26(19)27(37)34-21-9-7-6-8-20(21)30(31,32)33/h6-10,13-14,18H,11-12,15-16H2,1-5H3,(H,34,37)(H,35,36). The molecule has 6 nitrogen and oxygen atoms in total. The summed E-state index contributed by atoms with van der Waals surface area (Å²) >= 11 is 1.32. The first-order chi connectivity index (χ1) is 18.8. The van der Waals surface area contributed by atoms with Crippen molar-refractivity contribution in [3.05, 3.63) is 69.6 Å². The van der Waals surface area contributed by atoms with Crippen LogP contribution in [0.25, 0.3) is 0 Å². The van der Waals surface area contributed by atoms with Gasteiger partial charge in [0.05, 0.1) is 37.5 Å². The molecule has 1 unspecified atom stereocenters. The minimum atomic E-state index is -4.63. The molecule has 2 N–H and O–H groups in total. The average molecular weight is 575 g/mol. The SMILES string of the molecule is COc1ccc(CC(=O)Nc2sc3c(c2C(=O)Nc2ccccc2C(F)(F)F)CCC(C(C)(C)C)C3)cc1OC. The van der Waals surface area contributed by atoms with E-state index in [1.807, 2.05) is 0 Å². The quantitative estimate of drug-likeness (QED) is 0.309. The topological polar surface area (TPSA) is 76.7 Å². The fourth-order valence-electron chi connectivity index (χ4n) is 5.02. The van der Waals surface area contributed by atoms with Crippen LogP contribution in [0.15, 0.2) is 42.5 Å². The molecule has 0 saturated carbocycles. The first kappa shape index (κ1) is 29.5. The van der Waals surface area contributed by atoms with Crippen LogP contribution in [-0.2, 0) is 30.2 Å². The van der Waals surface area contributed by atoms with Crippen LogP contribution in [0.5, 0.6) is 11.5 Å². The number of amides is 2. The van der Waals surface area contributed by atoms with Gasteiger partial charge in [-0.3, -0.25) is 9.59 Å². The molecule has 3 aromatic rings. The number of nitrogens with one attached hydrogen (secondary N) is 2. The van der Waals surface area contributed by atoms with Crippen molar-refractivity contribution >= 4 is 33.8 Å². The van der Waals surface area contributed by atoms with Crippen LogP contribution in [0.3, 0.4) is 0 Å². The van der Waals surface area contributed by atoms with Gasteiger partial charge in [0.25, 0.3) is 5.91 Å². The molecule has 0 radical (unpaired) electrons. The van der Waals surface area contributed by atoms with Crippen LogP contribution < -0.4 is 20.1 Å². The average Bonchev–Trinajstić information content (AvgIpc) is 3.24. The number of carbonyl (C=O) groups excluding carboxylic acids is 2. The van der Waals surface area contributed by atoms with Crippen molar-refractivity contribution in [3.63, 3.8) is 0 Å². The number of para-hydroxylation sites is 1. The van der Waals surface area contributed by atoms with Crippen molar-refractivity contribution in [2.24, 2.45) is 11.3 Å². The maximum absolute atomic E-state index is 13.6. The van der Waals surface area contributed by atoms with Gasteiger partial charge in [-0.05, 0) is 66.0 Å². The Morgan fingerprint density at radius 1 is 1.00 bits per heavy atom. The maximum atomic E-state index is 13.6. The summed E-state index contributed by atoms with van der Waals surface area (Å²) in [6.07, 6.45) is -2.46. The summed E-state index contributed by atoms with van der Waals surface area (Å²) < 4.78 is 51.4. The number of benzene rings is 2. The van der Waals surface area contributed by atoms with E-state index >= 15 is 0 Å². The van der Waals surface area contributed by atoms with Crippen molar-refractivity contribution in [1.82, 2.24) is 0 Å². The van der Waals surface area contributed by atoms with Crippen molar-refractivity contribution in [3.8, 4) is 11.5 Å². The molecule has 1 heterocycles. The minimum absolute atomic E-state index is 0.00546. The van der Waals surface area contributed by atoms with Gasteiger partial charge in [-0.15, -0.1) is 11.3 Å². The fraction of sp³-hybridized carbons (Fsp3) is 0.400. The highest BCUT2D eigenvalue weighted by molar-refractivity contribution is 7.17. The molecule has 0 saturated heterocycles. The van der Waals surface area contributed by atoms with E-state index < -0.39 is 17.6 Å². The second-order valence-corrected chi connectivity index (χ2v) is 12.0. The number of alkyl halides is 3. The van der Waals surface area contributed by atoms with Crippen LogP contribution in [0.4, 0.5) is 23.9 Å². The number of halogens is 3. The molecule has 0 fully saturated rings. The lowest BCUT2D eigenvalue weighted by atomic mass is 9.72. The summed E-state index contributed by atoms with van der Waals surface area (Å²) in [5.41, 5.74) is 0.477. The van der Waals surface area contributed by atoms with E-state index in [0.29, 0.717) is 34.4 Å². The molecule has 1 aliphatic carbocycles. The van der Waals surface area contributed by atoms with Gasteiger partial charge in [0.15, 0.2) is 11.5 Å². The Labute approximate surface area is 235 Å².